The summed E-state index contributed by atoms with van der Waals surface area (Å²) in [6.07, 6.45) is 5.57. The van der Waals surface area contributed by atoms with Crippen LogP contribution in [-0.4, -0.2) is 10.9 Å². The van der Waals surface area contributed by atoms with Gasteiger partial charge in [0.05, 0.1) is 5.69 Å². The second-order valence-corrected chi connectivity index (χ2v) is 5.48. The summed E-state index contributed by atoms with van der Waals surface area (Å²) >= 11 is 1.65. The van der Waals surface area contributed by atoms with Gasteiger partial charge in [0, 0.05) is 10.8 Å². The maximum Gasteiger partial charge on any atom is 0.228 e. The first kappa shape index (κ1) is 11.6. The number of hydrogen-bond donors (Lipinski definition) is 1. The van der Waals surface area contributed by atoms with Crippen LogP contribution in [0.15, 0.2) is 0 Å². The first-order valence-corrected chi connectivity index (χ1v) is 6.81. The average Bonchev–Trinajstić information content (AvgIpc) is 2.69. The molecule has 1 heterocycles. The lowest BCUT2D eigenvalue weighted by molar-refractivity contribution is -0.119. The Morgan fingerprint density at radius 2 is 2.25 bits per heavy atom. The molecule has 1 aliphatic rings. The number of thiazole rings is 1. The van der Waals surface area contributed by atoms with E-state index >= 15 is 0 Å². The first-order valence-electron chi connectivity index (χ1n) is 6.00. The Labute approximate surface area is 100 Å². The van der Waals surface area contributed by atoms with Gasteiger partial charge in [-0.1, -0.05) is 13.8 Å². The van der Waals surface area contributed by atoms with Gasteiger partial charge < -0.3 is 5.32 Å². The number of aromatic nitrogens is 1. The smallest absolute Gasteiger partial charge is 0.228 e. The van der Waals surface area contributed by atoms with Crippen molar-refractivity contribution in [1.82, 2.24) is 4.98 Å². The maximum atomic E-state index is 11.7. The van der Waals surface area contributed by atoms with Crippen LogP contribution < -0.4 is 5.32 Å². The van der Waals surface area contributed by atoms with Gasteiger partial charge in [-0.2, -0.15) is 0 Å². The molecule has 0 aromatic carbocycles. The number of carbonyl (C=O) groups excluding carboxylic acids is 1. The van der Waals surface area contributed by atoms with E-state index < -0.39 is 0 Å². The summed E-state index contributed by atoms with van der Waals surface area (Å²) in [6.45, 7) is 3.97. The fourth-order valence-electron chi connectivity index (χ4n) is 1.82. The van der Waals surface area contributed by atoms with Crippen molar-refractivity contribution in [1.29, 1.82) is 0 Å². The molecule has 0 aliphatic heterocycles. The monoisotopic (exact) mass is 238 g/mol. The van der Waals surface area contributed by atoms with Crippen LogP contribution in [0.4, 0.5) is 5.13 Å². The lowest BCUT2D eigenvalue weighted by Gasteiger charge is -2.06. The number of hydrogen-bond acceptors (Lipinski definition) is 3. The van der Waals surface area contributed by atoms with E-state index in [1.807, 2.05) is 13.8 Å². The van der Waals surface area contributed by atoms with Crippen LogP contribution in [0, 0.1) is 5.92 Å². The molecule has 0 spiro atoms. The zero-order valence-electron chi connectivity index (χ0n) is 9.88. The molecule has 1 aromatic heterocycles. The predicted molar refractivity (Wildman–Crippen MR) is 66.8 cm³/mol. The molecule has 88 valence electrons. The quantitative estimate of drug-likeness (QED) is 0.879. The van der Waals surface area contributed by atoms with Crippen molar-refractivity contribution in [3.8, 4) is 0 Å². The molecular weight excluding hydrogens is 220 g/mol. The summed E-state index contributed by atoms with van der Waals surface area (Å²) in [7, 11) is 0. The summed E-state index contributed by atoms with van der Waals surface area (Å²) in [6, 6.07) is 0. The fraction of sp³-hybridized carbons (Fsp3) is 0.667. The molecule has 1 aromatic rings. The largest absolute Gasteiger partial charge is 0.302 e. The third-order valence-electron chi connectivity index (χ3n) is 3.14. The summed E-state index contributed by atoms with van der Waals surface area (Å²) < 4.78 is 0. The molecule has 0 unspecified atom stereocenters. The molecule has 4 heteroatoms. The molecule has 16 heavy (non-hydrogen) atoms. The summed E-state index contributed by atoms with van der Waals surface area (Å²) in [5, 5.41) is 3.71. The number of nitrogens with zero attached hydrogens (tertiary/aromatic N) is 1. The van der Waals surface area contributed by atoms with Crippen LogP contribution in [0.25, 0.3) is 0 Å². The topological polar surface area (TPSA) is 42.0 Å². The zero-order chi connectivity index (χ0) is 11.5. The molecular formula is C12H18N2OS. The van der Waals surface area contributed by atoms with Crippen LogP contribution in [-0.2, 0) is 17.6 Å². The summed E-state index contributed by atoms with van der Waals surface area (Å²) in [5.74, 6) is 0.162. The number of aryl methyl sites for hydroxylation is 2. The van der Waals surface area contributed by atoms with Crippen LogP contribution in [0.1, 0.15) is 43.7 Å². The standard InChI is InChI=1S/C12H18N2OS/c1-3-8(2)11(15)14-12-13-9-6-4-5-7-10(9)16-12/h8H,3-7H2,1-2H3,(H,13,14,15)/t8-/m0/s1. The number of nitrogens with one attached hydrogen (secondary N) is 1. The number of carbonyl (C=O) groups is 1. The molecule has 1 amide bonds. The van der Waals surface area contributed by atoms with Gasteiger partial charge in [-0.25, -0.2) is 4.98 Å². The number of fused-ring (bicyclic) bond motifs is 1. The number of rotatable bonds is 3. The Hall–Kier alpha value is -0.900. The molecule has 3 nitrogen and oxygen atoms in total. The van der Waals surface area contributed by atoms with Crippen LogP contribution in [0.5, 0.6) is 0 Å². The van der Waals surface area contributed by atoms with Crippen molar-refractivity contribution in [3.05, 3.63) is 10.6 Å². The van der Waals surface area contributed by atoms with Gasteiger partial charge in [0.2, 0.25) is 5.91 Å². The molecule has 2 rings (SSSR count). The highest BCUT2D eigenvalue weighted by atomic mass is 32.1. The Bertz CT molecular complexity index is 363. The van der Waals surface area contributed by atoms with E-state index in [9.17, 15) is 4.79 Å². The molecule has 1 atom stereocenters. The zero-order valence-corrected chi connectivity index (χ0v) is 10.7. The molecule has 0 fully saturated rings. The van der Waals surface area contributed by atoms with Gasteiger partial charge in [0.1, 0.15) is 0 Å². The highest BCUT2D eigenvalue weighted by Gasteiger charge is 2.17. The normalized spacial score (nSPS) is 16.6. The second-order valence-electron chi connectivity index (χ2n) is 4.39. The highest BCUT2D eigenvalue weighted by molar-refractivity contribution is 7.15. The molecule has 0 saturated carbocycles. The third-order valence-corrected chi connectivity index (χ3v) is 4.21. The fourth-order valence-corrected chi connectivity index (χ4v) is 2.87. The minimum atomic E-state index is 0.0703. The Balaban J connectivity index is 2.05. The van der Waals surface area contributed by atoms with Crippen molar-refractivity contribution in [2.45, 2.75) is 46.0 Å². The Kier molecular flexibility index (Phi) is 3.59. The molecule has 0 bridgehead atoms. The van der Waals surface area contributed by atoms with Crippen LogP contribution >= 0.6 is 11.3 Å². The Morgan fingerprint density at radius 3 is 2.94 bits per heavy atom. The predicted octanol–water partition coefficient (Wildman–Crippen LogP) is 3.01. The molecule has 1 aliphatic carbocycles. The summed E-state index contributed by atoms with van der Waals surface area (Å²) in [4.78, 5) is 17.6. The second kappa shape index (κ2) is 4.95. The van der Waals surface area contributed by atoms with Gasteiger partial charge in [-0.05, 0) is 32.1 Å². The summed E-state index contributed by atoms with van der Waals surface area (Å²) in [5.41, 5.74) is 1.20. The lowest BCUT2D eigenvalue weighted by Crippen LogP contribution is -2.19. The van der Waals surface area contributed by atoms with Crippen molar-refractivity contribution in [2.75, 3.05) is 5.32 Å². The minimum Gasteiger partial charge on any atom is -0.302 e. The Morgan fingerprint density at radius 1 is 1.50 bits per heavy atom. The van der Waals surface area contributed by atoms with Crippen LogP contribution in [0.3, 0.4) is 0 Å². The van der Waals surface area contributed by atoms with Gasteiger partial charge in [-0.3, -0.25) is 4.79 Å². The van der Waals surface area contributed by atoms with E-state index in [0.717, 1.165) is 24.4 Å². The molecule has 0 saturated heterocycles. The van der Waals surface area contributed by atoms with Crippen molar-refractivity contribution >= 4 is 22.4 Å². The van der Waals surface area contributed by atoms with E-state index in [4.69, 9.17) is 0 Å². The lowest BCUT2D eigenvalue weighted by atomic mass is 10.0. The first-order chi connectivity index (χ1) is 7.70. The SMILES string of the molecule is CC[C@H](C)C(=O)Nc1nc2c(s1)CCCC2. The van der Waals surface area contributed by atoms with Gasteiger partial charge >= 0.3 is 0 Å². The van der Waals surface area contributed by atoms with Crippen molar-refractivity contribution in [2.24, 2.45) is 5.92 Å². The van der Waals surface area contributed by atoms with Gasteiger partial charge in [0.15, 0.2) is 5.13 Å². The average molecular weight is 238 g/mol. The van der Waals surface area contributed by atoms with Crippen molar-refractivity contribution in [3.63, 3.8) is 0 Å². The van der Waals surface area contributed by atoms with Gasteiger partial charge in [0.25, 0.3) is 0 Å². The van der Waals surface area contributed by atoms with E-state index in [1.54, 1.807) is 11.3 Å². The number of amides is 1. The van der Waals surface area contributed by atoms with E-state index in [2.05, 4.69) is 10.3 Å². The molecule has 1 N–H and O–H groups in total. The molecule has 0 radical (unpaired) electrons. The van der Waals surface area contributed by atoms with E-state index in [-0.39, 0.29) is 11.8 Å². The van der Waals surface area contributed by atoms with E-state index in [1.165, 1.54) is 23.4 Å². The minimum absolute atomic E-state index is 0.0703. The third kappa shape index (κ3) is 2.43. The van der Waals surface area contributed by atoms with Crippen molar-refractivity contribution < 1.29 is 4.79 Å². The van der Waals surface area contributed by atoms with Crippen LogP contribution in [0.2, 0.25) is 0 Å². The highest BCUT2D eigenvalue weighted by Crippen LogP contribution is 2.29. The van der Waals surface area contributed by atoms with E-state index in [0.29, 0.717) is 0 Å². The maximum absolute atomic E-state index is 11.7. The number of anilines is 1. The van der Waals surface area contributed by atoms with Gasteiger partial charge in [-0.15, -0.1) is 11.3 Å².